The largest absolute Gasteiger partial charge is 0.398 e. The monoisotopic (exact) mass is 185 g/mol. The van der Waals surface area contributed by atoms with E-state index in [0.29, 0.717) is 16.8 Å². The first-order valence-electron chi connectivity index (χ1n) is 3.74. The number of rotatable bonds is 0. The zero-order chi connectivity index (χ0) is 10.6. The van der Waals surface area contributed by atoms with Crippen LogP contribution < -0.4 is 11.5 Å². The zero-order valence-corrected chi connectivity index (χ0v) is 7.24. The summed E-state index contributed by atoms with van der Waals surface area (Å²) in [5.41, 5.74) is 11.6. The summed E-state index contributed by atoms with van der Waals surface area (Å²) in [6.07, 6.45) is 0. The van der Waals surface area contributed by atoms with Crippen molar-refractivity contribution in [2.45, 2.75) is 0 Å². The molecule has 4 nitrogen and oxygen atoms in total. The van der Waals surface area contributed by atoms with Crippen molar-refractivity contribution in [3.8, 4) is 17.9 Å². The maximum absolute atomic E-state index is 10.4. The summed E-state index contributed by atoms with van der Waals surface area (Å²) < 4.78 is 0. The van der Waals surface area contributed by atoms with Crippen LogP contribution >= 0.6 is 0 Å². The number of anilines is 1. The van der Waals surface area contributed by atoms with Crippen molar-refractivity contribution < 1.29 is 4.79 Å². The van der Waals surface area contributed by atoms with E-state index in [4.69, 9.17) is 16.7 Å². The van der Waals surface area contributed by atoms with Crippen molar-refractivity contribution in [2.75, 3.05) is 5.73 Å². The molecule has 14 heavy (non-hydrogen) atoms. The molecule has 1 aromatic carbocycles. The Bertz CT molecular complexity index is 474. The van der Waals surface area contributed by atoms with Crippen LogP contribution in [0.2, 0.25) is 0 Å². The van der Waals surface area contributed by atoms with Gasteiger partial charge in [0.25, 0.3) is 5.91 Å². The fraction of sp³-hybridized carbons (Fsp3) is 0. The Morgan fingerprint density at radius 2 is 2.14 bits per heavy atom. The third-order valence-electron chi connectivity index (χ3n) is 1.50. The van der Waals surface area contributed by atoms with Gasteiger partial charge in [-0.2, -0.15) is 5.26 Å². The molecule has 0 radical (unpaired) electrons. The second-order valence-electron chi connectivity index (χ2n) is 2.53. The van der Waals surface area contributed by atoms with Crippen molar-refractivity contribution in [1.82, 2.24) is 0 Å². The topological polar surface area (TPSA) is 92.9 Å². The average molecular weight is 185 g/mol. The lowest BCUT2D eigenvalue weighted by Crippen LogP contribution is -2.06. The Labute approximate surface area is 81.1 Å². The van der Waals surface area contributed by atoms with Gasteiger partial charge in [-0.3, -0.25) is 4.79 Å². The summed E-state index contributed by atoms with van der Waals surface area (Å²) in [5.74, 6) is 3.98. The van der Waals surface area contributed by atoms with Crippen LogP contribution in [0.5, 0.6) is 0 Å². The van der Waals surface area contributed by atoms with Gasteiger partial charge in [-0.25, -0.2) is 0 Å². The summed E-state index contributed by atoms with van der Waals surface area (Å²) in [6.45, 7) is 0. The first kappa shape index (κ1) is 9.63. The molecule has 1 rings (SSSR count). The molecule has 0 saturated heterocycles. The van der Waals surface area contributed by atoms with Crippen LogP contribution in [0.25, 0.3) is 0 Å². The number of amides is 1. The van der Waals surface area contributed by atoms with E-state index in [1.165, 1.54) is 6.07 Å². The van der Waals surface area contributed by atoms with Crippen LogP contribution in [0, 0.1) is 23.2 Å². The van der Waals surface area contributed by atoms with E-state index in [0.717, 1.165) is 0 Å². The van der Waals surface area contributed by atoms with E-state index in [1.807, 2.05) is 6.07 Å². The van der Waals surface area contributed by atoms with Crippen LogP contribution in [0.15, 0.2) is 18.2 Å². The molecular weight excluding hydrogens is 178 g/mol. The van der Waals surface area contributed by atoms with Gasteiger partial charge < -0.3 is 11.5 Å². The molecule has 0 bridgehead atoms. The molecule has 0 aromatic heterocycles. The van der Waals surface area contributed by atoms with Crippen LogP contribution in [-0.2, 0) is 4.79 Å². The Hall–Kier alpha value is -2.46. The summed E-state index contributed by atoms with van der Waals surface area (Å²) in [4.78, 5) is 10.4. The third kappa shape index (κ3) is 2.26. The SMILES string of the molecule is N#Cc1cc(C#CC(N)=O)ccc1N. The second-order valence-corrected chi connectivity index (χ2v) is 2.53. The van der Waals surface area contributed by atoms with E-state index < -0.39 is 5.91 Å². The van der Waals surface area contributed by atoms with Gasteiger partial charge in [0.1, 0.15) is 6.07 Å². The Kier molecular flexibility index (Phi) is 2.73. The molecule has 0 aliphatic rings. The van der Waals surface area contributed by atoms with Gasteiger partial charge in [0.2, 0.25) is 0 Å². The number of carbonyl (C=O) groups excluding carboxylic acids is 1. The van der Waals surface area contributed by atoms with Gasteiger partial charge in [-0.1, -0.05) is 5.92 Å². The number of nitrogens with two attached hydrogens (primary N) is 2. The van der Waals surface area contributed by atoms with Gasteiger partial charge >= 0.3 is 0 Å². The van der Waals surface area contributed by atoms with Crippen LogP contribution in [0.3, 0.4) is 0 Å². The minimum Gasteiger partial charge on any atom is -0.398 e. The van der Waals surface area contributed by atoms with Crippen LogP contribution in [0.4, 0.5) is 5.69 Å². The highest BCUT2D eigenvalue weighted by Crippen LogP contribution is 2.11. The van der Waals surface area contributed by atoms with Crippen molar-refractivity contribution in [2.24, 2.45) is 5.73 Å². The molecule has 0 saturated carbocycles. The summed E-state index contributed by atoms with van der Waals surface area (Å²) in [7, 11) is 0. The van der Waals surface area contributed by atoms with Gasteiger partial charge in [0, 0.05) is 11.3 Å². The molecule has 0 aliphatic heterocycles. The van der Waals surface area contributed by atoms with Crippen LogP contribution in [-0.4, -0.2) is 5.91 Å². The van der Waals surface area contributed by atoms with E-state index in [-0.39, 0.29) is 0 Å². The number of hydrogen-bond donors (Lipinski definition) is 2. The molecule has 1 amide bonds. The predicted molar refractivity (Wildman–Crippen MR) is 51.6 cm³/mol. The van der Waals surface area contributed by atoms with Crippen molar-refractivity contribution in [1.29, 1.82) is 5.26 Å². The first-order chi connectivity index (χ1) is 6.63. The molecule has 0 spiro atoms. The highest BCUT2D eigenvalue weighted by Gasteiger charge is 1.97. The van der Waals surface area contributed by atoms with E-state index in [2.05, 4.69) is 11.8 Å². The van der Waals surface area contributed by atoms with E-state index in [1.54, 1.807) is 12.1 Å². The molecular formula is C10H7N3O. The number of carbonyl (C=O) groups is 1. The molecule has 4 N–H and O–H groups in total. The van der Waals surface area contributed by atoms with Gasteiger partial charge in [-0.15, -0.1) is 0 Å². The van der Waals surface area contributed by atoms with Gasteiger partial charge in [0.05, 0.1) is 5.56 Å². The maximum atomic E-state index is 10.4. The lowest BCUT2D eigenvalue weighted by molar-refractivity contribution is -0.112. The number of nitrogen functional groups attached to an aromatic ring is 1. The number of nitriles is 1. The normalized spacial score (nSPS) is 8.21. The summed E-state index contributed by atoms with van der Waals surface area (Å²) in [5, 5.41) is 8.65. The Morgan fingerprint density at radius 1 is 1.43 bits per heavy atom. The molecule has 0 unspecified atom stereocenters. The molecule has 1 aromatic rings. The number of hydrogen-bond acceptors (Lipinski definition) is 3. The Balaban J connectivity index is 3.11. The number of primary amides is 1. The fourth-order valence-corrected chi connectivity index (χ4v) is 0.865. The molecule has 4 heteroatoms. The fourth-order valence-electron chi connectivity index (χ4n) is 0.865. The molecule has 0 fully saturated rings. The van der Waals surface area contributed by atoms with E-state index >= 15 is 0 Å². The number of nitrogens with zero attached hydrogens (tertiary/aromatic N) is 1. The van der Waals surface area contributed by atoms with Crippen molar-refractivity contribution in [3.63, 3.8) is 0 Å². The smallest absolute Gasteiger partial charge is 0.293 e. The molecule has 68 valence electrons. The predicted octanol–water partition coefficient (Wildman–Crippen LogP) is -0.0227. The Morgan fingerprint density at radius 3 is 2.71 bits per heavy atom. The van der Waals surface area contributed by atoms with E-state index in [9.17, 15) is 4.79 Å². The lowest BCUT2D eigenvalue weighted by Gasteiger charge is -1.96. The minimum absolute atomic E-state index is 0.335. The highest BCUT2D eigenvalue weighted by molar-refractivity contribution is 5.92. The lowest BCUT2D eigenvalue weighted by atomic mass is 10.1. The van der Waals surface area contributed by atoms with Crippen molar-refractivity contribution >= 4 is 11.6 Å². The van der Waals surface area contributed by atoms with Gasteiger partial charge in [-0.05, 0) is 24.1 Å². The summed E-state index contributed by atoms with van der Waals surface area (Å²) >= 11 is 0. The van der Waals surface area contributed by atoms with Crippen LogP contribution in [0.1, 0.15) is 11.1 Å². The third-order valence-corrected chi connectivity index (χ3v) is 1.50. The van der Waals surface area contributed by atoms with Gasteiger partial charge in [0.15, 0.2) is 0 Å². The quantitative estimate of drug-likeness (QED) is 0.439. The zero-order valence-electron chi connectivity index (χ0n) is 7.24. The molecule has 0 aliphatic carbocycles. The maximum Gasteiger partial charge on any atom is 0.293 e. The first-order valence-corrected chi connectivity index (χ1v) is 3.74. The minimum atomic E-state index is -0.708. The second kappa shape index (κ2) is 3.97. The molecule has 0 atom stereocenters. The summed E-state index contributed by atoms with van der Waals surface area (Å²) in [6, 6.07) is 6.60. The average Bonchev–Trinajstić information content (AvgIpc) is 2.16. The van der Waals surface area contributed by atoms with Crippen molar-refractivity contribution in [3.05, 3.63) is 29.3 Å². The number of benzene rings is 1. The molecule has 0 heterocycles. The highest BCUT2D eigenvalue weighted by atomic mass is 16.1. The standard InChI is InChI=1S/C10H7N3O/c11-6-8-5-7(1-3-9(8)12)2-4-10(13)14/h1,3,5H,12H2,(H2,13,14).